The lowest BCUT2D eigenvalue weighted by molar-refractivity contribution is 1.45. The van der Waals surface area contributed by atoms with Gasteiger partial charge in [0.05, 0.1) is 11.3 Å². The predicted octanol–water partition coefficient (Wildman–Crippen LogP) is 2.67. The second-order valence-electron chi connectivity index (χ2n) is 1.93. The zero-order valence-electron chi connectivity index (χ0n) is 5.44. The van der Waals surface area contributed by atoms with Gasteiger partial charge in [-0.05, 0) is 44.0 Å². The Morgan fingerprint density at radius 1 is 1.27 bits per heavy atom. The van der Waals surface area contributed by atoms with Crippen molar-refractivity contribution in [1.29, 1.82) is 5.26 Å². The minimum absolute atomic E-state index is 0.472. The van der Waals surface area contributed by atoms with E-state index in [0.717, 1.165) is 8.95 Å². The maximum absolute atomic E-state index is 8.64. The van der Waals surface area contributed by atoms with Gasteiger partial charge in [0, 0.05) is 8.95 Å². The van der Waals surface area contributed by atoms with Gasteiger partial charge >= 0.3 is 0 Å². The summed E-state index contributed by atoms with van der Waals surface area (Å²) >= 11 is 6.44. The summed E-state index contributed by atoms with van der Waals surface area (Å²) in [7, 11) is 0. The van der Waals surface area contributed by atoms with Gasteiger partial charge in [0.25, 0.3) is 0 Å². The molecule has 0 heterocycles. The number of halogens is 2. The van der Waals surface area contributed by atoms with E-state index in [1.54, 1.807) is 12.1 Å². The Bertz CT molecular complexity index is 328. The molecule has 0 aliphatic heterocycles. The fourth-order valence-electron chi connectivity index (χ4n) is 0.681. The van der Waals surface area contributed by atoms with E-state index < -0.39 is 0 Å². The lowest BCUT2D eigenvalue weighted by Gasteiger charge is -2.01. The molecule has 0 saturated heterocycles. The van der Waals surface area contributed by atoms with E-state index in [-0.39, 0.29) is 0 Å². The molecule has 2 nitrogen and oxygen atoms in total. The van der Waals surface area contributed by atoms with Gasteiger partial charge in [-0.3, -0.25) is 0 Å². The molecular weight excluding hydrogens is 272 g/mol. The second kappa shape index (κ2) is 3.24. The number of benzene rings is 1. The lowest BCUT2D eigenvalue weighted by Crippen LogP contribution is -1.92. The third-order valence-corrected chi connectivity index (χ3v) is 2.61. The zero-order valence-corrected chi connectivity index (χ0v) is 8.61. The molecule has 11 heavy (non-hydrogen) atoms. The summed E-state index contributed by atoms with van der Waals surface area (Å²) in [5, 5.41) is 8.64. The second-order valence-corrected chi connectivity index (χ2v) is 3.64. The number of rotatable bonds is 0. The summed E-state index contributed by atoms with van der Waals surface area (Å²) in [5.41, 5.74) is 6.54. The Hall–Kier alpha value is -0.530. The third kappa shape index (κ3) is 1.55. The fourth-order valence-corrected chi connectivity index (χ4v) is 1.45. The molecule has 0 amide bonds. The van der Waals surface area contributed by atoms with Crippen molar-refractivity contribution in [2.24, 2.45) is 0 Å². The molecule has 1 aromatic carbocycles. The maximum Gasteiger partial charge on any atom is 0.103 e. The van der Waals surface area contributed by atoms with E-state index in [2.05, 4.69) is 31.9 Å². The first-order valence-electron chi connectivity index (χ1n) is 2.80. The van der Waals surface area contributed by atoms with E-state index >= 15 is 0 Å². The van der Waals surface area contributed by atoms with Gasteiger partial charge in [0.2, 0.25) is 0 Å². The predicted molar refractivity (Wildman–Crippen MR) is 51.0 cm³/mol. The van der Waals surface area contributed by atoms with Crippen LogP contribution >= 0.6 is 31.9 Å². The van der Waals surface area contributed by atoms with Gasteiger partial charge in [-0.25, -0.2) is 0 Å². The summed E-state index contributed by atoms with van der Waals surface area (Å²) in [5.74, 6) is 0. The highest BCUT2D eigenvalue weighted by molar-refractivity contribution is 9.11. The average Bonchev–Trinajstić information content (AvgIpc) is 1.99. The molecule has 0 aliphatic rings. The molecule has 0 bridgehead atoms. The van der Waals surface area contributed by atoms with Crippen LogP contribution in [0, 0.1) is 11.3 Å². The Morgan fingerprint density at radius 2 is 1.82 bits per heavy atom. The molecule has 1 aromatic rings. The van der Waals surface area contributed by atoms with E-state index in [9.17, 15) is 0 Å². The monoisotopic (exact) mass is 274 g/mol. The van der Waals surface area contributed by atoms with Crippen molar-refractivity contribution in [3.63, 3.8) is 0 Å². The normalized spacial score (nSPS) is 9.18. The first-order valence-corrected chi connectivity index (χ1v) is 4.39. The molecule has 0 aliphatic carbocycles. The first kappa shape index (κ1) is 8.57. The van der Waals surface area contributed by atoms with E-state index in [1.165, 1.54) is 0 Å². The Balaban J connectivity index is 3.44. The molecule has 56 valence electrons. The summed E-state index contributed by atoms with van der Waals surface area (Å²) < 4.78 is 1.47. The minimum atomic E-state index is 0.472. The van der Waals surface area contributed by atoms with Crippen LogP contribution in [0.1, 0.15) is 5.56 Å². The van der Waals surface area contributed by atoms with Crippen LogP contribution < -0.4 is 5.73 Å². The molecule has 0 saturated carbocycles. The van der Waals surface area contributed by atoms with Crippen molar-refractivity contribution < 1.29 is 0 Å². The topological polar surface area (TPSA) is 49.8 Å². The smallest absolute Gasteiger partial charge is 0.103 e. The van der Waals surface area contributed by atoms with Gasteiger partial charge < -0.3 is 5.73 Å². The number of nitriles is 1. The van der Waals surface area contributed by atoms with Crippen molar-refractivity contribution >= 4 is 37.5 Å². The van der Waals surface area contributed by atoms with Gasteiger partial charge in [-0.15, -0.1) is 0 Å². The number of nitrogens with two attached hydrogens (primary N) is 1. The van der Waals surface area contributed by atoms with Crippen LogP contribution in [0.25, 0.3) is 0 Å². The molecule has 0 fully saturated rings. The number of nitrogen functional groups attached to an aromatic ring is 1. The quantitative estimate of drug-likeness (QED) is 0.740. The maximum atomic E-state index is 8.64. The van der Waals surface area contributed by atoms with E-state index in [4.69, 9.17) is 11.0 Å². The van der Waals surface area contributed by atoms with Gasteiger partial charge in [0.15, 0.2) is 0 Å². The van der Waals surface area contributed by atoms with Crippen LogP contribution in [0.15, 0.2) is 21.1 Å². The van der Waals surface area contributed by atoms with Crippen LogP contribution in [0.5, 0.6) is 0 Å². The van der Waals surface area contributed by atoms with Crippen molar-refractivity contribution in [3.05, 3.63) is 26.6 Å². The number of hydrogen-bond donors (Lipinski definition) is 1. The SMILES string of the molecule is N#Cc1c(Br)ccc(Br)c1N. The Kier molecular flexibility index (Phi) is 2.53. The van der Waals surface area contributed by atoms with Crippen molar-refractivity contribution in [3.8, 4) is 6.07 Å². The molecule has 4 heteroatoms. The highest BCUT2D eigenvalue weighted by atomic mass is 79.9. The lowest BCUT2D eigenvalue weighted by atomic mass is 10.2. The number of anilines is 1. The Morgan fingerprint density at radius 3 is 2.27 bits per heavy atom. The third-order valence-electron chi connectivity index (χ3n) is 1.25. The van der Waals surface area contributed by atoms with Crippen LogP contribution in [0.2, 0.25) is 0 Å². The molecule has 0 radical (unpaired) electrons. The average molecular weight is 276 g/mol. The molecule has 0 aromatic heterocycles. The largest absolute Gasteiger partial charge is 0.397 e. The molecule has 0 spiro atoms. The van der Waals surface area contributed by atoms with Gasteiger partial charge in [0.1, 0.15) is 6.07 Å². The van der Waals surface area contributed by atoms with Crippen LogP contribution in [-0.4, -0.2) is 0 Å². The molecular formula is C7H4Br2N2. The molecule has 0 atom stereocenters. The summed E-state index contributed by atoms with van der Waals surface area (Å²) in [6, 6.07) is 5.57. The van der Waals surface area contributed by atoms with Crippen molar-refractivity contribution in [2.45, 2.75) is 0 Å². The molecule has 1 rings (SSSR count). The van der Waals surface area contributed by atoms with Crippen LogP contribution in [0.4, 0.5) is 5.69 Å². The molecule has 0 unspecified atom stereocenters. The summed E-state index contributed by atoms with van der Waals surface area (Å²) in [6.07, 6.45) is 0. The van der Waals surface area contributed by atoms with Crippen molar-refractivity contribution in [2.75, 3.05) is 5.73 Å². The van der Waals surface area contributed by atoms with Crippen LogP contribution in [0.3, 0.4) is 0 Å². The minimum Gasteiger partial charge on any atom is -0.397 e. The first-order chi connectivity index (χ1) is 5.16. The summed E-state index contributed by atoms with van der Waals surface area (Å²) in [6.45, 7) is 0. The highest BCUT2D eigenvalue weighted by Crippen LogP contribution is 2.28. The van der Waals surface area contributed by atoms with Crippen LogP contribution in [-0.2, 0) is 0 Å². The standard InChI is InChI=1S/C7H4Br2N2/c8-5-1-2-6(9)7(11)4(5)3-10/h1-2H,11H2. The van der Waals surface area contributed by atoms with Gasteiger partial charge in [-0.2, -0.15) is 5.26 Å². The van der Waals surface area contributed by atoms with E-state index in [0.29, 0.717) is 11.3 Å². The van der Waals surface area contributed by atoms with Crippen molar-refractivity contribution in [1.82, 2.24) is 0 Å². The van der Waals surface area contributed by atoms with Gasteiger partial charge in [-0.1, -0.05) is 0 Å². The number of nitrogens with zero attached hydrogens (tertiary/aromatic N) is 1. The fraction of sp³-hybridized carbons (Fsp3) is 0. The number of hydrogen-bond acceptors (Lipinski definition) is 2. The molecule has 2 N–H and O–H groups in total. The highest BCUT2D eigenvalue weighted by Gasteiger charge is 2.05. The summed E-state index contributed by atoms with van der Waals surface area (Å²) in [4.78, 5) is 0. The Labute approximate surface area is 81.3 Å². The zero-order chi connectivity index (χ0) is 8.43. The van der Waals surface area contributed by atoms with E-state index in [1.807, 2.05) is 6.07 Å².